The number of carbonyl (C=O) groups is 1. The first kappa shape index (κ1) is 24.3. The summed E-state index contributed by atoms with van der Waals surface area (Å²) in [6.07, 6.45) is 1.38. The summed E-state index contributed by atoms with van der Waals surface area (Å²) in [5, 5.41) is 8.09. The molecule has 4 rings (SSSR count). The van der Waals surface area contributed by atoms with Gasteiger partial charge in [-0.15, -0.1) is 0 Å². The maximum absolute atomic E-state index is 13.0. The molecule has 3 N–H and O–H groups in total. The van der Waals surface area contributed by atoms with Crippen LogP contribution in [-0.4, -0.2) is 47.3 Å². The number of H-pyrrole nitrogens is 1. The van der Waals surface area contributed by atoms with Gasteiger partial charge in [0.2, 0.25) is 0 Å². The van der Waals surface area contributed by atoms with Crippen LogP contribution in [0.5, 0.6) is 0 Å². The molecule has 0 spiro atoms. The smallest absolute Gasteiger partial charge is 0.294 e. The highest BCUT2D eigenvalue weighted by molar-refractivity contribution is 7.86. The first-order chi connectivity index (χ1) is 16.3. The molecule has 0 saturated heterocycles. The molecule has 2 aromatic carbocycles. The molecule has 1 aliphatic heterocycles. The second-order valence-corrected chi connectivity index (χ2v) is 10.4. The standard InChI is InChI=1S/C21H18N4O8S2/c1-12-18(20(26)24(22-12)14-3-7-16(8-4-14)34(28,29)30)11-19-13(2)23-25(21(19)27)15-5-9-17(10-6-15)35(31,32)33/h3-11,22H,1-2H3,(H,28,29,30)(H,31,32,33)/b19-11+. The van der Waals surface area contributed by atoms with Gasteiger partial charge < -0.3 is 0 Å². The zero-order chi connectivity index (χ0) is 25.7. The van der Waals surface area contributed by atoms with E-state index >= 15 is 0 Å². The van der Waals surface area contributed by atoms with Gasteiger partial charge in [0.05, 0.1) is 38.0 Å². The fraction of sp³-hybridized carbons (Fsp3) is 0.0952. The van der Waals surface area contributed by atoms with Crippen LogP contribution in [0.1, 0.15) is 18.2 Å². The first-order valence-electron chi connectivity index (χ1n) is 9.86. The maximum atomic E-state index is 13.0. The van der Waals surface area contributed by atoms with Crippen LogP contribution >= 0.6 is 0 Å². The molecule has 0 saturated carbocycles. The summed E-state index contributed by atoms with van der Waals surface area (Å²) in [7, 11) is -8.78. The monoisotopic (exact) mass is 518 g/mol. The van der Waals surface area contributed by atoms with Gasteiger partial charge in [0.15, 0.2) is 0 Å². The zero-order valence-electron chi connectivity index (χ0n) is 18.2. The van der Waals surface area contributed by atoms with Crippen molar-refractivity contribution in [1.29, 1.82) is 0 Å². The van der Waals surface area contributed by atoms with E-state index in [9.17, 15) is 26.4 Å². The summed E-state index contributed by atoms with van der Waals surface area (Å²) in [6.45, 7) is 3.19. The number of aromatic amines is 1. The van der Waals surface area contributed by atoms with Crippen molar-refractivity contribution in [1.82, 2.24) is 9.78 Å². The number of nitrogens with one attached hydrogen (secondary N) is 1. The SMILES string of the molecule is CC1=NN(c2ccc(S(=O)(=O)O)cc2)C(=O)/C1=C/c1c(C)[nH]n(-c2ccc(S(=O)(=O)O)cc2)c1=O. The molecule has 0 unspecified atom stereocenters. The van der Waals surface area contributed by atoms with Gasteiger partial charge in [-0.25, -0.2) is 4.68 Å². The molecule has 14 heteroatoms. The van der Waals surface area contributed by atoms with Crippen LogP contribution in [0.4, 0.5) is 5.69 Å². The van der Waals surface area contributed by atoms with E-state index in [0.717, 1.165) is 34.0 Å². The molecule has 182 valence electrons. The molecule has 0 atom stereocenters. The predicted octanol–water partition coefficient (Wildman–Crippen LogP) is 1.77. The average molecular weight is 519 g/mol. The third-order valence-corrected chi connectivity index (χ3v) is 6.98. The summed E-state index contributed by atoms with van der Waals surface area (Å²) in [5.74, 6) is -0.550. The molecule has 1 aromatic heterocycles. The lowest BCUT2D eigenvalue weighted by atomic mass is 10.1. The van der Waals surface area contributed by atoms with Crippen molar-refractivity contribution in [3.8, 4) is 5.69 Å². The predicted molar refractivity (Wildman–Crippen MR) is 126 cm³/mol. The van der Waals surface area contributed by atoms with Gasteiger partial charge in [0.25, 0.3) is 31.7 Å². The van der Waals surface area contributed by atoms with Crippen LogP contribution < -0.4 is 10.6 Å². The maximum Gasteiger partial charge on any atom is 0.294 e. The van der Waals surface area contributed by atoms with Gasteiger partial charge in [0.1, 0.15) is 0 Å². The Kier molecular flexibility index (Phi) is 5.84. The van der Waals surface area contributed by atoms with Crippen molar-refractivity contribution in [3.05, 3.63) is 75.7 Å². The molecular formula is C21H18N4O8S2. The highest BCUT2D eigenvalue weighted by Gasteiger charge is 2.30. The van der Waals surface area contributed by atoms with Crippen LogP contribution in [0.15, 0.2) is 73.8 Å². The molecule has 0 radical (unpaired) electrons. The molecule has 35 heavy (non-hydrogen) atoms. The van der Waals surface area contributed by atoms with E-state index in [2.05, 4.69) is 10.2 Å². The van der Waals surface area contributed by atoms with Crippen molar-refractivity contribution in [2.24, 2.45) is 5.10 Å². The van der Waals surface area contributed by atoms with E-state index < -0.39 is 31.7 Å². The molecule has 1 amide bonds. The molecule has 2 heterocycles. The Morgan fingerprint density at radius 2 is 1.31 bits per heavy atom. The van der Waals surface area contributed by atoms with E-state index in [1.807, 2.05) is 0 Å². The second kappa shape index (κ2) is 8.42. The Balaban J connectivity index is 1.68. The summed E-state index contributed by atoms with van der Waals surface area (Å²) in [6, 6.07) is 9.85. The summed E-state index contributed by atoms with van der Waals surface area (Å²) < 4.78 is 64.3. The number of nitrogens with zero attached hydrogens (tertiary/aromatic N) is 3. The van der Waals surface area contributed by atoms with Crippen LogP contribution in [0.2, 0.25) is 0 Å². The van der Waals surface area contributed by atoms with Crippen molar-refractivity contribution in [2.45, 2.75) is 23.6 Å². The summed E-state index contributed by atoms with van der Waals surface area (Å²) in [5.41, 5.74) is 1.11. The van der Waals surface area contributed by atoms with Gasteiger partial charge in [-0.1, -0.05) is 0 Å². The molecular weight excluding hydrogens is 500 g/mol. The molecule has 0 bridgehead atoms. The number of amides is 1. The lowest BCUT2D eigenvalue weighted by Gasteiger charge is -2.11. The third kappa shape index (κ3) is 4.59. The Labute approximate surface area is 199 Å². The third-order valence-electron chi connectivity index (χ3n) is 5.24. The second-order valence-electron chi connectivity index (χ2n) is 7.59. The number of hydrogen-bond acceptors (Lipinski definition) is 7. The molecule has 0 fully saturated rings. The molecule has 3 aromatic rings. The minimum atomic E-state index is -4.39. The van der Waals surface area contributed by atoms with Gasteiger partial charge >= 0.3 is 0 Å². The van der Waals surface area contributed by atoms with Crippen molar-refractivity contribution < 1.29 is 30.7 Å². The number of rotatable bonds is 5. The quantitative estimate of drug-likeness (QED) is 0.338. The van der Waals surface area contributed by atoms with Crippen LogP contribution in [-0.2, 0) is 25.0 Å². The molecule has 12 nitrogen and oxygen atoms in total. The number of anilines is 1. The number of benzene rings is 2. The Hall–Kier alpha value is -3.85. The highest BCUT2D eigenvalue weighted by atomic mass is 32.2. The van der Waals surface area contributed by atoms with Crippen LogP contribution in [0, 0.1) is 6.92 Å². The number of aryl methyl sites for hydroxylation is 1. The number of carbonyl (C=O) groups excluding carboxylic acids is 1. The van der Waals surface area contributed by atoms with Gasteiger partial charge in [-0.3, -0.25) is 23.8 Å². The van der Waals surface area contributed by atoms with E-state index in [-0.39, 0.29) is 26.6 Å². The summed E-state index contributed by atoms with van der Waals surface area (Å²) >= 11 is 0. The Bertz CT molecular complexity index is 1680. The lowest BCUT2D eigenvalue weighted by Crippen LogP contribution is -2.22. The van der Waals surface area contributed by atoms with Crippen LogP contribution in [0.25, 0.3) is 11.8 Å². The Morgan fingerprint density at radius 1 is 0.829 bits per heavy atom. The van der Waals surface area contributed by atoms with Crippen LogP contribution in [0.3, 0.4) is 0 Å². The van der Waals surface area contributed by atoms with Gasteiger partial charge in [-0.2, -0.15) is 26.9 Å². The first-order valence-corrected chi connectivity index (χ1v) is 12.7. The lowest BCUT2D eigenvalue weighted by molar-refractivity contribution is -0.114. The van der Waals surface area contributed by atoms with E-state index in [1.165, 1.54) is 30.3 Å². The van der Waals surface area contributed by atoms with Gasteiger partial charge in [-0.05, 0) is 68.5 Å². The fourth-order valence-electron chi connectivity index (χ4n) is 3.44. The van der Waals surface area contributed by atoms with E-state index in [0.29, 0.717) is 17.1 Å². The van der Waals surface area contributed by atoms with Crippen molar-refractivity contribution >= 4 is 43.6 Å². The molecule has 0 aliphatic carbocycles. The zero-order valence-corrected chi connectivity index (χ0v) is 19.8. The van der Waals surface area contributed by atoms with E-state index in [1.54, 1.807) is 13.8 Å². The fourth-order valence-corrected chi connectivity index (χ4v) is 4.40. The number of hydrogen-bond donors (Lipinski definition) is 3. The topological polar surface area (TPSA) is 179 Å². The number of aromatic nitrogens is 2. The molecule has 1 aliphatic rings. The summed E-state index contributed by atoms with van der Waals surface area (Å²) in [4.78, 5) is 25.4. The largest absolute Gasteiger partial charge is 0.295 e. The number of hydrazone groups is 1. The van der Waals surface area contributed by atoms with Gasteiger partial charge in [0, 0.05) is 5.69 Å². The van der Waals surface area contributed by atoms with Crippen molar-refractivity contribution in [2.75, 3.05) is 5.01 Å². The van der Waals surface area contributed by atoms with Crippen molar-refractivity contribution in [3.63, 3.8) is 0 Å². The Morgan fingerprint density at radius 3 is 1.80 bits per heavy atom. The van der Waals surface area contributed by atoms with E-state index in [4.69, 9.17) is 9.11 Å². The normalized spacial score (nSPS) is 15.7. The minimum Gasteiger partial charge on any atom is -0.295 e. The minimum absolute atomic E-state index is 0.136. The average Bonchev–Trinajstić information content (AvgIpc) is 3.23. The highest BCUT2D eigenvalue weighted by Crippen LogP contribution is 2.26.